The molecular formula is C19H16BrClN2O4. The number of carbonyl (C=O) groups excluding carboxylic acids is 2. The van der Waals surface area contributed by atoms with Crippen LogP contribution in [0.15, 0.2) is 46.4 Å². The van der Waals surface area contributed by atoms with Gasteiger partial charge in [0.05, 0.1) is 23.9 Å². The summed E-state index contributed by atoms with van der Waals surface area (Å²) in [5.74, 6) is 0.0933. The average molecular weight is 452 g/mol. The first-order chi connectivity index (χ1) is 12.9. The standard InChI is InChI=1S/C19H16BrClN2O4/c1-3-27-17-15(20)8-11(9-16(17)26-2)7-14-18(24)22-23(19(14)25)13-6-4-5-12(21)10-13/h4-10H,3H2,1-2H3,(H,22,24). The van der Waals surface area contributed by atoms with Gasteiger partial charge in [-0.25, -0.2) is 5.01 Å². The van der Waals surface area contributed by atoms with E-state index in [1.165, 1.54) is 18.2 Å². The molecule has 140 valence electrons. The Morgan fingerprint density at radius 1 is 1.26 bits per heavy atom. The summed E-state index contributed by atoms with van der Waals surface area (Å²) in [5.41, 5.74) is 3.65. The lowest BCUT2D eigenvalue weighted by Gasteiger charge is -2.14. The molecule has 0 bridgehead atoms. The number of hydrogen-bond acceptors (Lipinski definition) is 4. The van der Waals surface area contributed by atoms with E-state index in [4.69, 9.17) is 21.1 Å². The van der Waals surface area contributed by atoms with Crippen LogP contribution in [0.3, 0.4) is 0 Å². The molecule has 1 saturated heterocycles. The zero-order valence-corrected chi connectivity index (χ0v) is 16.9. The van der Waals surface area contributed by atoms with E-state index in [0.29, 0.717) is 38.9 Å². The molecule has 0 radical (unpaired) electrons. The van der Waals surface area contributed by atoms with E-state index in [-0.39, 0.29) is 5.57 Å². The van der Waals surface area contributed by atoms with E-state index in [1.54, 1.807) is 36.4 Å². The molecule has 6 nitrogen and oxygen atoms in total. The van der Waals surface area contributed by atoms with E-state index >= 15 is 0 Å². The van der Waals surface area contributed by atoms with E-state index in [1.807, 2.05) is 6.92 Å². The highest BCUT2D eigenvalue weighted by atomic mass is 79.9. The molecule has 8 heteroatoms. The predicted octanol–water partition coefficient (Wildman–Crippen LogP) is 3.97. The summed E-state index contributed by atoms with van der Waals surface area (Å²) in [7, 11) is 1.52. The van der Waals surface area contributed by atoms with Gasteiger partial charge < -0.3 is 9.47 Å². The average Bonchev–Trinajstić information content (AvgIpc) is 2.92. The van der Waals surface area contributed by atoms with Gasteiger partial charge in [-0.1, -0.05) is 17.7 Å². The number of amides is 2. The Hall–Kier alpha value is -2.51. The van der Waals surface area contributed by atoms with Gasteiger partial charge in [0, 0.05) is 5.02 Å². The van der Waals surface area contributed by atoms with Crippen molar-refractivity contribution in [1.82, 2.24) is 5.43 Å². The van der Waals surface area contributed by atoms with Crippen molar-refractivity contribution in [2.24, 2.45) is 0 Å². The quantitative estimate of drug-likeness (QED) is 0.552. The molecule has 0 aliphatic carbocycles. The Kier molecular flexibility index (Phi) is 5.72. The number of hydrogen-bond donors (Lipinski definition) is 1. The lowest BCUT2D eigenvalue weighted by molar-refractivity contribution is -0.117. The molecule has 1 heterocycles. The molecule has 0 unspecified atom stereocenters. The van der Waals surface area contributed by atoms with Gasteiger partial charge in [0.1, 0.15) is 5.57 Å². The first kappa shape index (κ1) is 19.3. The molecule has 2 aromatic rings. The molecule has 0 atom stereocenters. The van der Waals surface area contributed by atoms with E-state index in [0.717, 1.165) is 0 Å². The minimum atomic E-state index is -0.496. The van der Waals surface area contributed by atoms with Crippen molar-refractivity contribution in [2.45, 2.75) is 6.92 Å². The predicted molar refractivity (Wildman–Crippen MR) is 107 cm³/mol. The van der Waals surface area contributed by atoms with Gasteiger partial charge in [-0.05, 0) is 64.8 Å². The highest BCUT2D eigenvalue weighted by molar-refractivity contribution is 9.10. The van der Waals surface area contributed by atoms with Crippen molar-refractivity contribution >= 4 is 51.1 Å². The summed E-state index contributed by atoms with van der Waals surface area (Å²) < 4.78 is 11.6. The molecule has 2 aromatic carbocycles. The molecule has 0 aromatic heterocycles. The Labute approximate surface area is 169 Å². The number of rotatable bonds is 5. The molecule has 0 spiro atoms. The fourth-order valence-electron chi connectivity index (χ4n) is 2.63. The van der Waals surface area contributed by atoms with Crippen molar-refractivity contribution in [1.29, 1.82) is 0 Å². The monoisotopic (exact) mass is 450 g/mol. The van der Waals surface area contributed by atoms with Gasteiger partial charge in [-0.3, -0.25) is 15.0 Å². The van der Waals surface area contributed by atoms with Crippen LogP contribution in [-0.4, -0.2) is 25.5 Å². The van der Waals surface area contributed by atoms with Crippen molar-refractivity contribution in [3.8, 4) is 11.5 Å². The zero-order chi connectivity index (χ0) is 19.6. The molecule has 1 fully saturated rings. The van der Waals surface area contributed by atoms with Gasteiger partial charge in [0.15, 0.2) is 11.5 Å². The van der Waals surface area contributed by atoms with Crippen molar-refractivity contribution in [3.05, 3.63) is 57.0 Å². The van der Waals surface area contributed by atoms with E-state index in [2.05, 4.69) is 21.4 Å². The number of nitrogens with one attached hydrogen (secondary N) is 1. The minimum Gasteiger partial charge on any atom is -0.493 e. The van der Waals surface area contributed by atoms with Gasteiger partial charge in [0.25, 0.3) is 11.8 Å². The van der Waals surface area contributed by atoms with Crippen molar-refractivity contribution in [3.63, 3.8) is 0 Å². The molecular weight excluding hydrogens is 436 g/mol. The summed E-state index contributed by atoms with van der Waals surface area (Å²) in [6.45, 7) is 2.35. The smallest absolute Gasteiger partial charge is 0.282 e. The fourth-order valence-corrected chi connectivity index (χ4v) is 3.39. The maximum atomic E-state index is 12.7. The number of methoxy groups -OCH3 is 1. The number of ether oxygens (including phenoxy) is 2. The second-order valence-corrected chi connectivity index (χ2v) is 6.88. The Morgan fingerprint density at radius 2 is 2.04 bits per heavy atom. The van der Waals surface area contributed by atoms with Gasteiger partial charge in [-0.2, -0.15) is 0 Å². The van der Waals surface area contributed by atoms with Gasteiger partial charge in [-0.15, -0.1) is 0 Å². The molecule has 2 amide bonds. The summed E-state index contributed by atoms with van der Waals surface area (Å²) >= 11 is 9.40. The number of carbonyl (C=O) groups is 2. The first-order valence-corrected chi connectivity index (χ1v) is 9.24. The second-order valence-electron chi connectivity index (χ2n) is 5.59. The highest BCUT2D eigenvalue weighted by Gasteiger charge is 2.34. The van der Waals surface area contributed by atoms with Gasteiger partial charge >= 0.3 is 0 Å². The molecule has 27 heavy (non-hydrogen) atoms. The number of benzene rings is 2. The van der Waals surface area contributed by atoms with Crippen LogP contribution in [0.5, 0.6) is 11.5 Å². The summed E-state index contributed by atoms with van der Waals surface area (Å²) in [6.07, 6.45) is 1.51. The van der Waals surface area contributed by atoms with E-state index in [9.17, 15) is 9.59 Å². The lowest BCUT2D eigenvalue weighted by atomic mass is 10.1. The maximum absolute atomic E-state index is 12.7. The van der Waals surface area contributed by atoms with Crippen LogP contribution < -0.4 is 19.9 Å². The number of nitrogens with zero attached hydrogens (tertiary/aromatic N) is 1. The summed E-state index contributed by atoms with van der Waals surface area (Å²) in [6, 6.07) is 10.1. The lowest BCUT2D eigenvalue weighted by Crippen LogP contribution is -2.35. The third-order valence-electron chi connectivity index (χ3n) is 3.81. The molecule has 1 aliphatic heterocycles. The van der Waals surface area contributed by atoms with Gasteiger partial charge in [0.2, 0.25) is 0 Å². The molecule has 3 rings (SSSR count). The van der Waals surface area contributed by atoms with Crippen LogP contribution in [0, 0.1) is 0 Å². The maximum Gasteiger partial charge on any atom is 0.282 e. The molecule has 1 N–H and O–H groups in total. The van der Waals surface area contributed by atoms with Crippen LogP contribution in [-0.2, 0) is 9.59 Å². The van der Waals surface area contributed by atoms with Crippen LogP contribution in [0.2, 0.25) is 5.02 Å². The number of hydrazine groups is 1. The third-order valence-corrected chi connectivity index (χ3v) is 4.63. The highest BCUT2D eigenvalue weighted by Crippen LogP contribution is 2.37. The first-order valence-electron chi connectivity index (χ1n) is 8.07. The Morgan fingerprint density at radius 3 is 2.70 bits per heavy atom. The normalized spacial score (nSPS) is 15.3. The largest absolute Gasteiger partial charge is 0.493 e. The fraction of sp³-hybridized carbons (Fsp3) is 0.158. The van der Waals surface area contributed by atoms with E-state index < -0.39 is 11.8 Å². The molecule has 0 saturated carbocycles. The second kappa shape index (κ2) is 8.02. The summed E-state index contributed by atoms with van der Waals surface area (Å²) in [5, 5.41) is 1.63. The van der Waals surface area contributed by atoms with Crippen LogP contribution in [0.1, 0.15) is 12.5 Å². The topological polar surface area (TPSA) is 67.9 Å². The molecule has 1 aliphatic rings. The SMILES string of the molecule is CCOc1c(Br)cc(C=C2C(=O)NN(c3cccc(Cl)c3)C2=O)cc1OC. The third kappa shape index (κ3) is 3.94. The zero-order valence-electron chi connectivity index (χ0n) is 14.6. The van der Waals surface area contributed by atoms with Crippen LogP contribution in [0.25, 0.3) is 6.08 Å². The van der Waals surface area contributed by atoms with Crippen molar-refractivity contribution in [2.75, 3.05) is 18.7 Å². The van der Waals surface area contributed by atoms with Crippen LogP contribution >= 0.6 is 27.5 Å². The minimum absolute atomic E-state index is 0.00749. The number of anilines is 1. The Bertz CT molecular complexity index is 945. The van der Waals surface area contributed by atoms with Crippen LogP contribution in [0.4, 0.5) is 5.69 Å². The van der Waals surface area contributed by atoms with Crippen molar-refractivity contribution < 1.29 is 19.1 Å². The summed E-state index contributed by atoms with van der Waals surface area (Å²) in [4.78, 5) is 25.0. The Balaban J connectivity index is 1.96. The number of halogens is 2.